The van der Waals surface area contributed by atoms with E-state index in [1.54, 1.807) is 0 Å². The Bertz CT molecular complexity index is 147. The molecule has 1 saturated heterocycles. The summed E-state index contributed by atoms with van der Waals surface area (Å²) in [7, 11) is 0. The fraction of sp³-hybridized carbons (Fsp3) is 1.00. The minimum Gasteiger partial charge on any atom is -0.313 e. The summed E-state index contributed by atoms with van der Waals surface area (Å²) in [6, 6.07) is 1.47. The maximum absolute atomic E-state index is 3.62. The maximum atomic E-state index is 3.62. The average molecular weight is 198 g/mol. The second-order valence-corrected chi connectivity index (χ2v) is 4.50. The number of nitrogens with one attached hydrogen (secondary N) is 1. The Morgan fingerprint density at radius 3 is 2.79 bits per heavy atom. The lowest BCUT2D eigenvalue weighted by molar-refractivity contribution is 0.150. The molecule has 0 radical (unpaired) electrons. The first-order valence-corrected chi connectivity index (χ1v) is 6.25. The number of hydrogen-bond donors (Lipinski definition) is 1. The molecule has 1 aliphatic heterocycles. The summed E-state index contributed by atoms with van der Waals surface area (Å²) >= 11 is 0. The predicted molar refractivity (Wildman–Crippen MR) is 62.6 cm³/mol. The topological polar surface area (TPSA) is 15.3 Å². The number of hydrogen-bond acceptors (Lipinski definition) is 2. The second kappa shape index (κ2) is 6.41. The van der Waals surface area contributed by atoms with Gasteiger partial charge in [-0.2, -0.15) is 0 Å². The van der Waals surface area contributed by atoms with E-state index < -0.39 is 0 Å². The van der Waals surface area contributed by atoms with Crippen LogP contribution in [0.15, 0.2) is 0 Å². The average Bonchev–Trinajstić information content (AvgIpc) is 2.26. The number of piperidine rings is 1. The molecule has 1 aliphatic rings. The fourth-order valence-corrected chi connectivity index (χ4v) is 2.19. The number of nitrogens with zero attached hydrogens (tertiary/aromatic N) is 1. The van der Waals surface area contributed by atoms with Crippen molar-refractivity contribution in [3.8, 4) is 0 Å². The molecule has 0 aromatic heterocycles. The third-order valence-corrected chi connectivity index (χ3v) is 3.47. The largest absolute Gasteiger partial charge is 0.313 e. The Labute approximate surface area is 89.1 Å². The molecule has 0 aromatic rings. The van der Waals surface area contributed by atoms with Crippen LogP contribution in [-0.2, 0) is 0 Å². The first kappa shape index (κ1) is 12.0. The second-order valence-electron chi connectivity index (χ2n) is 4.50. The molecule has 0 amide bonds. The van der Waals surface area contributed by atoms with E-state index in [9.17, 15) is 0 Å². The molecule has 1 fully saturated rings. The van der Waals surface area contributed by atoms with Gasteiger partial charge in [-0.1, -0.05) is 20.3 Å². The summed E-state index contributed by atoms with van der Waals surface area (Å²) in [5, 5.41) is 3.62. The number of likely N-dealkylation sites (N-methyl/N-ethyl adjacent to an activating group) is 1. The van der Waals surface area contributed by atoms with E-state index in [1.165, 1.54) is 45.3 Å². The van der Waals surface area contributed by atoms with Crippen molar-refractivity contribution in [2.24, 2.45) is 0 Å². The molecule has 2 nitrogen and oxygen atoms in total. The van der Waals surface area contributed by atoms with Crippen molar-refractivity contribution in [3.05, 3.63) is 0 Å². The number of rotatable bonds is 5. The van der Waals surface area contributed by atoms with Crippen molar-refractivity contribution in [1.82, 2.24) is 10.2 Å². The van der Waals surface area contributed by atoms with Crippen LogP contribution in [0.4, 0.5) is 0 Å². The fourth-order valence-electron chi connectivity index (χ4n) is 2.19. The SMILES string of the molecule is CCC(C)NCC1CCCCN1CC. The van der Waals surface area contributed by atoms with Crippen molar-refractivity contribution in [1.29, 1.82) is 0 Å². The third kappa shape index (κ3) is 3.58. The van der Waals surface area contributed by atoms with Gasteiger partial charge in [-0.3, -0.25) is 4.90 Å². The van der Waals surface area contributed by atoms with Crippen LogP contribution in [0, 0.1) is 0 Å². The van der Waals surface area contributed by atoms with E-state index >= 15 is 0 Å². The zero-order valence-electron chi connectivity index (χ0n) is 10.1. The third-order valence-electron chi connectivity index (χ3n) is 3.47. The highest BCUT2D eigenvalue weighted by molar-refractivity contribution is 4.78. The maximum Gasteiger partial charge on any atom is 0.0220 e. The standard InChI is InChI=1S/C12H26N2/c1-4-11(3)13-10-12-8-6-7-9-14(12)5-2/h11-13H,4-10H2,1-3H3. The van der Waals surface area contributed by atoms with Crippen LogP contribution < -0.4 is 5.32 Å². The summed E-state index contributed by atoms with van der Waals surface area (Å²) in [6.07, 6.45) is 5.44. The minimum absolute atomic E-state index is 0.677. The van der Waals surface area contributed by atoms with E-state index in [1.807, 2.05) is 0 Å². The van der Waals surface area contributed by atoms with Crippen LogP contribution >= 0.6 is 0 Å². The van der Waals surface area contributed by atoms with Crippen LogP contribution in [0.5, 0.6) is 0 Å². The molecular weight excluding hydrogens is 172 g/mol. The van der Waals surface area contributed by atoms with Gasteiger partial charge in [-0.05, 0) is 39.3 Å². The van der Waals surface area contributed by atoms with Crippen molar-refractivity contribution >= 4 is 0 Å². The molecule has 84 valence electrons. The molecular formula is C12H26N2. The lowest BCUT2D eigenvalue weighted by Crippen LogP contribution is -2.46. The molecule has 0 spiro atoms. The Hall–Kier alpha value is -0.0800. The van der Waals surface area contributed by atoms with Gasteiger partial charge in [0.1, 0.15) is 0 Å². The van der Waals surface area contributed by atoms with Crippen molar-refractivity contribution in [3.63, 3.8) is 0 Å². The van der Waals surface area contributed by atoms with Crippen LogP contribution in [-0.4, -0.2) is 36.6 Å². The Balaban J connectivity index is 2.26. The Morgan fingerprint density at radius 1 is 1.36 bits per heavy atom. The van der Waals surface area contributed by atoms with E-state index in [-0.39, 0.29) is 0 Å². The molecule has 1 rings (SSSR count). The van der Waals surface area contributed by atoms with Crippen LogP contribution in [0.1, 0.15) is 46.5 Å². The summed E-state index contributed by atoms with van der Waals surface area (Å²) in [5.74, 6) is 0. The zero-order valence-corrected chi connectivity index (χ0v) is 10.1. The highest BCUT2D eigenvalue weighted by Crippen LogP contribution is 2.15. The van der Waals surface area contributed by atoms with E-state index in [2.05, 4.69) is 31.0 Å². The van der Waals surface area contributed by atoms with Gasteiger partial charge in [0.05, 0.1) is 0 Å². The normalized spacial score (nSPS) is 26.4. The molecule has 0 aliphatic carbocycles. The summed E-state index contributed by atoms with van der Waals surface area (Å²) in [4.78, 5) is 2.62. The first-order valence-electron chi connectivity index (χ1n) is 6.25. The zero-order chi connectivity index (χ0) is 10.4. The molecule has 0 saturated carbocycles. The Morgan fingerprint density at radius 2 is 2.14 bits per heavy atom. The monoisotopic (exact) mass is 198 g/mol. The highest BCUT2D eigenvalue weighted by Gasteiger charge is 2.20. The number of likely N-dealkylation sites (tertiary alicyclic amines) is 1. The van der Waals surface area contributed by atoms with Crippen LogP contribution in [0.3, 0.4) is 0 Å². The van der Waals surface area contributed by atoms with Crippen molar-refractivity contribution < 1.29 is 0 Å². The molecule has 14 heavy (non-hydrogen) atoms. The Kier molecular flexibility index (Phi) is 5.49. The van der Waals surface area contributed by atoms with Crippen LogP contribution in [0.25, 0.3) is 0 Å². The smallest absolute Gasteiger partial charge is 0.0220 e. The quantitative estimate of drug-likeness (QED) is 0.729. The molecule has 1 heterocycles. The van der Waals surface area contributed by atoms with Gasteiger partial charge in [0.25, 0.3) is 0 Å². The van der Waals surface area contributed by atoms with Crippen LogP contribution in [0.2, 0.25) is 0 Å². The van der Waals surface area contributed by atoms with Gasteiger partial charge in [-0.15, -0.1) is 0 Å². The molecule has 0 bridgehead atoms. The molecule has 0 aromatic carbocycles. The van der Waals surface area contributed by atoms with Gasteiger partial charge in [0.2, 0.25) is 0 Å². The van der Waals surface area contributed by atoms with Gasteiger partial charge < -0.3 is 5.32 Å². The summed E-state index contributed by atoms with van der Waals surface area (Å²) in [6.45, 7) is 10.5. The van der Waals surface area contributed by atoms with Gasteiger partial charge in [-0.25, -0.2) is 0 Å². The summed E-state index contributed by atoms with van der Waals surface area (Å²) < 4.78 is 0. The molecule has 2 unspecified atom stereocenters. The van der Waals surface area contributed by atoms with Crippen molar-refractivity contribution in [2.45, 2.75) is 58.5 Å². The van der Waals surface area contributed by atoms with Gasteiger partial charge >= 0.3 is 0 Å². The molecule has 2 atom stereocenters. The summed E-state index contributed by atoms with van der Waals surface area (Å²) in [5.41, 5.74) is 0. The van der Waals surface area contributed by atoms with Gasteiger partial charge in [0.15, 0.2) is 0 Å². The highest BCUT2D eigenvalue weighted by atomic mass is 15.2. The van der Waals surface area contributed by atoms with Gasteiger partial charge in [0, 0.05) is 18.6 Å². The lowest BCUT2D eigenvalue weighted by Gasteiger charge is -2.35. The molecule has 2 heteroatoms. The van der Waals surface area contributed by atoms with Crippen molar-refractivity contribution in [2.75, 3.05) is 19.6 Å². The first-order chi connectivity index (χ1) is 6.77. The van der Waals surface area contributed by atoms with E-state index in [0.717, 1.165) is 6.04 Å². The van der Waals surface area contributed by atoms with E-state index in [4.69, 9.17) is 0 Å². The van der Waals surface area contributed by atoms with E-state index in [0.29, 0.717) is 6.04 Å². The molecule has 1 N–H and O–H groups in total. The lowest BCUT2D eigenvalue weighted by atomic mass is 10.0. The minimum atomic E-state index is 0.677. The predicted octanol–water partition coefficient (Wildman–Crippen LogP) is 2.25.